The number of nitrogens with one attached hydrogen (secondary N) is 1. The molecule has 2 aliphatic heterocycles. The van der Waals surface area contributed by atoms with Gasteiger partial charge in [0.05, 0.1) is 0 Å². The molecule has 142 valence electrons. The van der Waals surface area contributed by atoms with Crippen molar-refractivity contribution >= 4 is 17.5 Å². The van der Waals surface area contributed by atoms with Gasteiger partial charge in [0, 0.05) is 31.7 Å². The number of anilines is 1. The molecule has 6 heteroatoms. The highest BCUT2D eigenvalue weighted by molar-refractivity contribution is 5.95. The highest BCUT2D eigenvalue weighted by Gasteiger charge is 2.23. The van der Waals surface area contributed by atoms with E-state index in [1.54, 1.807) is 4.90 Å². The highest BCUT2D eigenvalue weighted by atomic mass is 16.5. The van der Waals surface area contributed by atoms with Crippen molar-refractivity contribution in [3.63, 3.8) is 0 Å². The van der Waals surface area contributed by atoms with Crippen molar-refractivity contribution in [3.8, 4) is 5.75 Å². The molecular weight excluding hydrogens is 330 g/mol. The van der Waals surface area contributed by atoms with Crippen LogP contribution in [-0.2, 0) is 9.59 Å². The lowest BCUT2D eigenvalue weighted by molar-refractivity contribution is -0.134. The third-order valence-electron chi connectivity index (χ3n) is 5.23. The highest BCUT2D eigenvalue weighted by Crippen LogP contribution is 2.24. The van der Waals surface area contributed by atoms with Gasteiger partial charge in [-0.15, -0.1) is 0 Å². The Hall–Kier alpha value is -2.08. The van der Waals surface area contributed by atoms with Crippen LogP contribution in [0.25, 0.3) is 0 Å². The van der Waals surface area contributed by atoms with E-state index in [9.17, 15) is 9.59 Å². The number of hydrogen-bond donors (Lipinski definition) is 1. The number of likely N-dealkylation sites (tertiary alicyclic amines) is 1. The fourth-order valence-corrected chi connectivity index (χ4v) is 3.61. The number of nitrogens with zero attached hydrogens (tertiary/aromatic N) is 2. The maximum absolute atomic E-state index is 12.3. The molecule has 0 aromatic heterocycles. The number of ether oxygens (including phenoxy) is 1. The van der Waals surface area contributed by atoms with Crippen molar-refractivity contribution in [1.29, 1.82) is 0 Å². The van der Waals surface area contributed by atoms with Gasteiger partial charge in [-0.05, 0) is 62.5 Å². The number of piperidine rings is 1. The van der Waals surface area contributed by atoms with Gasteiger partial charge in [-0.2, -0.15) is 0 Å². The van der Waals surface area contributed by atoms with Gasteiger partial charge in [0.1, 0.15) is 5.75 Å². The summed E-state index contributed by atoms with van der Waals surface area (Å²) in [6.45, 7) is 6.63. The summed E-state index contributed by atoms with van der Waals surface area (Å²) in [6.07, 6.45) is 3.64. The summed E-state index contributed by atoms with van der Waals surface area (Å²) < 4.78 is 5.65. The predicted octanol–water partition coefficient (Wildman–Crippen LogP) is 2.04. The second-order valence-corrected chi connectivity index (χ2v) is 7.06. The predicted molar refractivity (Wildman–Crippen MR) is 101 cm³/mol. The first-order valence-electron chi connectivity index (χ1n) is 9.69. The van der Waals surface area contributed by atoms with Crippen LogP contribution in [0.5, 0.6) is 5.75 Å². The van der Waals surface area contributed by atoms with Gasteiger partial charge in [-0.25, -0.2) is 0 Å². The molecule has 2 saturated heterocycles. The zero-order chi connectivity index (χ0) is 18.4. The van der Waals surface area contributed by atoms with Crippen molar-refractivity contribution in [2.45, 2.75) is 32.6 Å². The Kier molecular flexibility index (Phi) is 6.50. The molecule has 0 saturated carbocycles. The number of hydrogen-bond acceptors (Lipinski definition) is 4. The standard InChI is InChI=1S/C20H29N3O3/c1-2-21-14-16-9-12-22(13-10-16)20(25)15-26-18-7-5-17(6-8-18)23-11-3-4-19(23)24/h5-8,16,21H,2-4,9-15H2,1H3. The first-order valence-corrected chi connectivity index (χ1v) is 9.69. The molecular formula is C20H29N3O3. The second-order valence-electron chi connectivity index (χ2n) is 7.06. The second kappa shape index (κ2) is 9.03. The van der Waals surface area contributed by atoms with Gasteiger partial charge in [-0.3, -0.25) is 9.59 Å². The summed E-state index contributed by atoms with van der Waals surface area (Å²) in [7, 11) is 0. The molecule has 3 rings (SSSR count). The Morgan fingerprint density at radius 1 is 1.19 bits per heavy atom. The monoisotopic (exact) mass is 359 g/mol. The van der Waals surface area contributed by atoms with E-state index < -0.39 is 0 Å². The van der Waals surface area contributed by atoms with E-state index in [4.69, 9.17) is 4.74 Å². The summed E-state index contributed by atoms with van der Waals surface area (Å²) in [4.78, 5) is 27.8. The molecule has 0 spiro atoms. The number of amides is 2. The molecule has 0 radical (unpaired) electrons. The largest absolute Gasteiger partial charge is 0.484 e. The van der Waals surface area contributed by atoms with Crippen LogP contribution in [0, 0.1) is 5.92 Å². The van der Waals surface area contributed by atoms with E-state index in [0.717, 1.165) is 57.7 Å². The van der Waals surface area contributed by atoms with Gasteiger partial charge < -0.3 is 19.9 Å². The Balaban J connectivity index is 1.42. The van der Waals surface area contributed by atoms with Crippen molar-refractivity contribution < 1.29 is 14.3 Å². The van der Waals surface area contributed by atoms with Gasteiger partial charge in [0.15, 0.2) is 6.61 Å². The van der Waals surface area contributed by atoms with Crippen molar-refractivity contribution in [2.75, 3.05) is 44.2 Å². The Morgan fingerprint density at radius 3 is 2.54 bits per heavy atom. The molecule has 0 unspecified atom stereocenters. The summed E-state index contributed by atoms with van der Waals surface area (Å²) in [5.41, 5.74) is 0.897. The molecule has 2 heterocycles. The maximum Gasteiger partial charge on any atom is 0.260 e. The number of benzene rings is 1. The molecule has 1 aromatic carbocycles. The van der Waals surface area contributed by atoms with Gasteiger partial charge in [0.2, 0.25) is 5.91 Å². The topological polar surface area (TPSA) is 61.9 Å². The van der Waals surface area contributed by atoms with Crippen LogP contribution in [0.2, 0.25) is 0 Å². The van der Waals surface area contributed by atoms with Crippen molar-refractivity contribution in [1.82, 2.24) is 10.2 Å². The molecule has 1 N–H and O–H groups in total. The lowest BCUT2D eigenvalue weighted by Gasteiger charge is -2.32. The van der Waals surface area contributed by atoms with Crippen LogP contribution in [0.4, 0.5) is 5.69 Å². The summed E-state index contributed by atoms with van der Waals surface area (Å²) in [5.74, 6) is 1.55. The zero-order valence-corrected chi connectivity index (χ0v) is 15.6. The average Bonchev–Trinajstić information content (AvgIpc) is 3.11. The van der Waals surface area contributed by atoms with E-state index >= 15 is 0 Å². The van der Waals surface area contributed by atoms with Crippen LogP contribution in [0.1, 0.15) is 32.6 Å². The van der Waals surface area contributed by atoms with Gasteiger partial charge in [0.25, 0.3) is 5.91 Å². The SMILES string of the molecule is CCNCC1CCN(C(=O)COc2ccc(N3CCCC3=O)cc2)CC1. The Bertz CT molecular complexity index is 609. The van der Waals surface area contributed by atoms with E-state index in [-0.39, 0.29) is 18.4 Å². The van der Waals surface area contributed by atoms with Crippen LogP contribution < -0.4 is 15.0 Å². The van der Waals surface area contributed by atoms with Crippen molar-refractivity contribution in [3.05, 3.63) is 24.3 Å². The minimum absolute atomic E-state index is 0.0469. The number of carbonyl (C=O) groups excluding carboxylic acids is 2. The van der Waals surface area contributed by atoms with Crippen molar-refractivity contribution in [2.24, 2.45) is 5.92 Å². The fourth-order valence-electron chi connectivity index (χ4n) is 3.61. The summed E-state index contributed by atoms with van der Waals surface area (Å²) >= 11 is 0. The Morgan fingerprint density at radius 2 is 1.92 bits per heavy atom. The quantitative estimate of drug-likeness (QED) is 0.809. The molecule has 1 aromatic rings. The van der Waals surface area contributed by atoms with Crippen LogP contribution in [0.3, 0.4) is 0 Å². The lowest BCUT2D eigenvalue weighted by atomic mass is 9.97. The molecule has 0 aliphatic carbocycles. The molecule has 2 aliphatic rings. The van der Waals surface area contributed by atoms with Gasteiger partial charge in [-0.1, -0.05) is 6.92 Å². The zero-order valence-electron chi connectivity index (χ0n) is 15.6. The molecule has 0 atom stereocenters. The lowest BCUT2D eigenvalue weighted by Crippen LogP contribution is -2.42. The first kappa shape index (κ1) is 18.7. The molecule has 0 bridgehead atoms. The minimum Gasteiger partial charge on any atom is -0.484 e. The molecule has 2 fully saturated rings. The normalized spacial score (nSPS) is 18.4. The van der Waals surface area contributed by atoms with E-state index in [2.05, 4.69) is 12.2 Å². The number of carbonyl (C=O) groups is 2. The number of rotatable bonds is 7. The Labute approximate surface area is 155 Å². The maximum atomic E-state index is 12.3. The van der Waals surface area contributed by atoms with E-state index in [0.29, 0.717) is 18.1 Å². The third-order valence-corrected chi connectivity index (χ3v) is 5.23. The molecule has 26 heavy (non-hydrogen) atoms. The average molecular weight is 359 g/mol. The third kappa shape index (κ3) is 4.75. The van der Waals surface area contributed by atoms with Gasteiger partial charge >= 0.3 is 0 Å². The minimum atomic E-state index is 0.0469. The van der Waals surface area contributed by atoms with Crippen LogP contribution in [-0.4, -0.2) is 56.0 Å². The van der Waals surface area contributed by atoms with Crippen LogP contribution >= 0.6 is 0 Å². The first-order chi connectivity index (χ1) is 12.7. The summed E-state index contributed by atoms with van der Waals surface area (Å²) in [5, 5.41) is 3.38. The molecule has 6 nitrogen and oxygen atoms in total. The summed E-state index contributed by atoms with van der Waals surface area (Å²) in [6, 6.07) is 7.43. The van der Waals surface area contributed by atoms with Crippen LogP contribution in [0.15, 0.2) is 24.3 Å². The fraction of sp³-hybridized carbons (Fsp3) is 0.600. The smallest absolute Gasteiger partial charge is 0.260 e. The van der Waals surface area contributed by atoms with E-state index in [1.807, 2.05) is 29.2 Å². The van der Waals surface area contributed by atoms with E-state index in [1.165, 1.54) is 0 Å². The molecule has 2 amide bonds.